The summed E-state index contributed by atoms with van der Waals surface area (Å²) in [6.45, 7) is 0. The van der Waals surface area contributed by atoms with Crippen LogP contribution >= 0.6 is 0 Å². The second-order valence-corrected chi connectivity index (χ2v) is 10.9. The van der Waals surface area contributed by atoms with Crippen LogP contribution in [0, 0.1) is 0 Å². The first-order valence-corrected chi connectivity index (χ1v) is 14.6. The molecule has 0 unspecified atom stereocenters. The standard InChI is InChI=1S/C39H24N4O/c1-2-8-29(9-3-1)39-42-38-34(44-39)22-21-31-36(38)30-10-4-5-11-32(30)41-37(31)28-19-15-26(16-20-28)25-13-17-27(18-14-25)33-24-43-23-7-6-12-35(43)40-33/h1-24H. The Labute approximate surface area is 252 Å². The van der Waals surface area contributed by atoms with E-state index in [1.54, 1.807) is 0 Å². The summed E-state index contributed by atoms with van der Waals surface area (Å²) in [7, 11) is 0. The lowest BCUT2D eigenvalue weighted by atomic mass is 9.97. The molecule has 0 spiro atoms. The molecule has 4 aromatic heterocycles. The molecule has 9 rings (SSSR count). The molecule has 0 saturated heterocycles. The van der Waals surface area contributed by atoms with Crippen LogP contribution in [0.5, 0.6) is 0 Å². The topological polar surface area (TPSA) is 56.2 Å². The number of rotatable bonds is 4. The second-order valence-electron chi connectivity index (χ2n) is 10.9. The predicted octanol–water partition coefficient (Wildman–Crippen LogP) is 9.84. The van der Waals surface area contributed by atoms with Gasteiger partial charge in [-0.1, -0.05) is 91.0 Å². The SMILES string of the molecule is c1ccc(-c2nc3c(ccc4c(-c5ccc(-c6ccc(-c7cn8ccccc8n7)cc6)cc5)nc5ccccc5c43)o2)cc1. The van der Waals surface area contributed by atoms with Crippen LogP contribution in [0.3, 0.4) is 0 Å². The number of aromatic nitrogens is 4. The molecule has 0 N–H and O–H groups in total. The molecule has 5 aromatic carbocycles. The Morgan fingerprint density at radius 3 is 2.00 bits per heavy atom. The van der Waals surface area contributed by atoms with E-state index in [9.17, 15) is 0 Å². The monoisotopic (exact) mass is 564 g/mol. The van der Waals surface area contributed by atoms with Gasteiger partial charge in [-0.05, 0) is 53.6 Å². The molecule has 5 heteroatoms. The maximum Gasteiger partial charge on any atom is 0.227 e. The molecule has 0 atom stereocenters. The van der Waals surface area contributed by atoms with Crippen LogP contribution in [0.1, 0.15) is 0 Å². The summed E-state index contributed by atoms with van der Waals surface area (Å²) in [5.74, 6) is 0.618. The summed E-state index contributed by atoms with van der Waals surface area (Å²) in [6, 6.07) is 45.7. The summed E-state index contributed by atoms with van der Waals surface area (Å²) in [5.41, 5.74) is 10.8. The Morgan fingerprint density at radius 2 is 1.20 bits per heavy atom. The summed E-state index contributed by atoms with van der Waals surface area (Å²) in [5, 5.41) is 3.17. The predicted molar refractivity (Wildman–Crippen MR) is 177 cm³/mol. The third-order valence-electron chi connectivity index (χ3n) is 8.28. The van der Waals surface area contributed by atoms with Gasteiger partial charge in [0, 0.05) is 45.2 Å². The Morgan fingerprint density at radius 1 is 0.500 bits per heavy atom. The molecule has 0 amide bonds. The highest BCUT2D eigenvalue weighted by Gasteiger charge is 2.17. The number of hydrogen-bond acceptors (Lipinski definition) is 4. The maximum absolute atomic E-state index is 6.24. The third-order valence-corrected chi connectivity index (χ3v) is 8.28. The van der Waals surface area contributed by atoms with E-state index in [0.29, 0.717) is 5.89 Å². The molecule has 5 nitrogen and oxygen atoms in total. The molecule has 4 heterocycles. The third kappa shape index (κ3) is 3.98. The van der Waals surface area contributed by atoms with Gasteiger partial charge >= 0.3 is 0 Å². The first-order valence-electron chi connectivity index (χ1n) is 14.6. The van der Waals surface area contributed by atoms with E-state index in [4.69, 9.17) is 19.4 Å². The minimum absolute atomic E-state index is 0.618. The number of para-hydroxylation sites is 1. The van der Waals surface area contributed by atoms with Crippen molar-refractivity contribution >= 4 is 38.4 Å². The molecule has 0 aliphatic carbocycles. The average molecular weight is 565 g/mol. The molecule has 206 valence electrons. The van der Waals surface area contributed by atoms with Crippen molar-refractivity contribution in [3.05, 3.63) is 146 Å². The number of nitrogens with zero attached hydrogens (tertiary/aromatic N) is 4. The molecule has 9 aromatic rings. The number of fused-ring (bicyclic) bond motifs is 6. The smallest absolute Gasteiger partial charge is 0.227 e. The van der Waals surface area contributed by atoms with Crippen molar-refractivity contribution in [2.45, 2.75) is 0 Å². The normalized spacial score (nSPS) is 11.6. The number of imidazole rings is 1. The van der Waals surface area contributed by atoms with E-state index in [2.05, 4.69) is 79.0 Å². The van der Waals surface area contributed by atoms with Crippen LogP contribution in [0.2, 0.25) is 0 Å². The number of hydrogen-bond donors (Lipinski definition) is 0. The first kappa shape index (κ1) is 24.5. The lowest BCUT2D eigenvalue weighted by Crippen LogP contribution is -1.91. The zero-order chi connectivity index (χ0) is 29.0. The fourth-order valence-electron chi connectivity index (χ4n) is 6.08. The summed E-state index contributed by atoms with van der Waals surface area (Å²) >= 11 is 0. The Hall–Kier alpha value is -6.07. The van der Waals surface area contributed by atoms with Crippen molar-refractivity contribution in [2.75, 3.05) is 0 Å². The fourth-order valence-corrected chi connectivity index (χ4v) is 6.08. The van der Waals surface area contributed by atoms with Gasteiger partial charge in [-0.15, -0.1) is 0 Å². The molecule has 0 aliphatic heterocycles. The molecule has 0 radical (unpaired) electrons. The van der Waals surface area contributed by atoms with Gasteiger partial charge in [-0.3, -0.25) is 0 Å². The molecule has 0 fully saturated rings. The average Bonchev–Trinajstić information content (AvgIpc) is 3.74. The van der Waals surface area contributed by atoms with Crippen molar-refractivity contribution in [1.29, 1.82) is 0 Å². The van der Waals surface area contributed by atoms with Crippen molar-refractivity contribution in [3.63, 3.8) is 0 Å². The molecule has 0 bridgehead atoms. The quantitative estimate of drug-likeness (QED) is 0.200. The highest BCUT2D eigenvalue weighted by molar-refractivity contribution is 6.20. The fraction of sp³-hybridized carbons (Fsp3) is 0. The first-order chi connectivity index (χ1) is 21.8. The summed E-state index contributed by atoms with van der Waals surface area (Å²) < 4.78 is 8.28. The molecule has 0 aliphatic rings. The van der Waals surface area contributed by atoms with Crippen molar-refractivity contribution < 1.29 is 4.42 Å². The highest BCUT2D eigenvalue weighted by atomic mass is 16.3. The Kier molecular flexibility index (Phi) is 5.43. The largest absolute Gasteiger partial charge is 0.436 e. The molecular weight excluding hydrogens is 540 g/mol. The van der Waals surface area contributed by atoms with Crippen molar-refractivity contribution in [3.8, 4) is 45.1 Å². The number of benzene rings is 5. The van der Waals surface area contributed by atoms with Gasteiger partial charge in [0.2, 0.25) is 5.89 Å². The van der Waals surface area contributed by atoms with Crippen LogP contribution in [-0.2, 0) is 0 Å². The maximum atomic E-state index is 6.24. The van der Waals surface area contributed by atoms with Crippen molar-refractivity contribution in [1.82, 2.24) is 19.4 Å². The Balaban J connectivity index is 1.12. The van der Waals surface area contributed by atoms with E-state index in [1.165, 1.54) is 0 Å². The lowest BCUT2D eigenvalue weighted by Gasteiger charge is -2.11. The van der Waals surface area contributed by atoms with E-state index in [0.717, 1.165) is 77.6 Å². The van der Waals surface area contributed by atoms with Crippen LogP contribution in [0.25, 0.3) is 83.5 Å². The van der Waals surface area contributed by atoms with Crippen molar-refractivity contribution in [2.24, 2.45) is 0 Å². The van der Waals surface area contributed by atoms with E-state index >= 15 is 0 Å². The number of pyridine rings is 2. The molecule has 0 saturated carbocycles. The van der Waals surface area contributed by atoms with Gasteiger partial charge in [0.25, 0.3) is 0 Å². The molecule has 44 heavy (non-hydrogen) atoms. The second kappa shape index (κ2) is 9.75. The minimum Gasteiger partial charge on any atom is -0.436 e. The zero-order valence-electron chi connectivity index (χ0n) is 23.6. The van der Waals surface area contributed by atoms with E-state index < -0.39 is 0 Å². The zero-order valence-corrected chi connectivity index (χ0v) is 23.6. The summed E-state index contributed by atoms with van der Waals surface area (Å²) in [4.78, 5) is 14.9. The minimum atomic E-state index is 0.618. The van der Waals surface area contributed by atoms with Gasteiger partial charge < -0.3 is 8.82 Å². The van der Waals surface area contributed by atoms with Gasteiger partial charge in [-0.25, -0.2) is 15.0 Å². The van der Waals surface area contributed by atoms with E-state index in [-0.39, 0.29) is 0 Å². The van der Waals surface area contributed by atoms with Gasteiger partial charge in [0.15, 0.2) is 5.58 Å². The molecular formula is C39H24N4O. The highest BCUT2D eigenvalue weighted by Crippen LogP contribution is 2.38. The number of oxazole rings is 1. The van der Waals surface area contributed by atoms with Crippen LogP contribution < -0.4 is 0 Å². The van der Waals surface area contributed by atoms with Gasteiger partial charge in [-0.2, -0.15) is 0 Å². The Bertz CT molecular complexity index is 2440. The summed E-state index contributed by atoms with van der Waals surface area (Å²) in [6.07, 6.45) is 4.08. The van der Waals surface area contributed by atoms with Gasteiger partial charge in [0.05, 0.1) is 16.9 Å². The van der Waals surface area contributed by atoms with Crippen LogP contribution in [-0.4, -0.2) is 19.4 Å². The van der Waals surface area contributed by atoms with Crippen LogP contribution in [0.4, 0.5) is 0 Å². The lowest BCUT2D eigenvalue weighted by molar-refractivity contribution is 0.620. The van der Waals surface area contributed by atoms with E-state index in [1.807, 2.05) is 71.3 Å². The van der Waals surface area contributed by atoms with Crippen LogP contribution in [0.15, 0.2) is 150 Å². The van der Waals surface area contributed by atoms with Gasteiger partial charge in [0.1, 0.15) is 11.2 Å².